The highest BCUT2D eigenvalue weighted by molar-refractivity contribution is 5.83. The fourth-order valence-electron chi connectivity index (χ4n) is 2.43. The van der Waals surface area contributed by atoms with Crippen LogP contribution in [0.2, 0.25) is 0 Å². The minimum Gasteiger partial charge on any atom is -0.381 e. The zero-order valence-corrected chi connectivity index (χ0v) is 11.8. The highest BCUT2D eigenvalue weighted by atomic mass is 16.5. The molecule has 4 rings (SSSR count). The largest absolute Gasteiger partial charge is 0.381 e. The van der Waals surface area contributed by atoms with Crippen molar-refractivity contribution in [2.45, 2.75) is 0 Å². The zero-order chi connectivity index (χ0) is 16.0. The number of anilines is 3. The van der Waals surface area contributed by atoms with Crippen LogP contribution in [0.5, 0.6) is 0 Å². The van der Waals surface area contributed by atoms with E-state index in [1.807, 2.05) is 12.1 Å². The molecule has 2 aromatic carbocycles. The lowest BCUT2D eigenvalue weighted by molar-refractivity contribution is 0.298. The maximum atomic E-state index is 11.3. The summed E-state index contributed by atoms with van der Waals surface area (Å²) in [5.74, 6) is 0.231. The van der Waals surface area contributed by atoms with Gasteiger partial charge in [-0.1, -0.05) is 12.1 Å². The lowest BCUT2D eigenvalue weighted by atomic mass is 10.2. The number of benzene rings is 2. The van der Waals surface area contributed by atoms with Crippen molar-refractivity contribution in [3.8, 4) is 0 Å². The standard InChI is InChI=1S/C15H12N6O2/c16-13-14(18-10-4-2-1-3-9(10)17-13)21(23)8-5-6-11-12(7-8)20-15(22)19-11/h1-7,23H,(H2,16,17)(H2,19,20,22). The topological polar surface area (TPSA) is 124 Å². The van der Waals surface area contributed by atoms with Crippen molar-refractivity contribution in [1.82, 2.24) is 19.9 Å². The molecule has 0 saturated heterocycles. The van der Waals surface area contributed by atoms with E-state index < -0.39 is 0 Å². The second-order valence-corrected chi connectivity index (χ2v) is 5.04. The lowest BCUT2D eigenvalue weighted by Crippen LogP contribution is -2.15. The van der Waals surface area contributed by atoms with Gasteiger partial charge in [-0.15, -0.1) is 0 Å². The first kappa shape index (κ1) is 13.3. The highest BCUT2D eigenvalue weighted by Gasteiger charge is 2.15. The number of H-pyrrole nitrogens is 2. The van der Waals surface area contributed by atoms with Crippen LogP contribution in [-0.2, 0) is 0 Å². The minimum atomic E-state index is -0.313. The lowest BCUT2D eigenvalue weighted by Gasteiger charge is -2.17. The number of imidazole rings is 1. The van der Waals surface area contributed by atoms with Gasteiger partial charge in [-0.2, -0.15) is 0 Å². The first-order valence-electron chi connectivity index (χ1n) is 6.85. The molecule has 2 aromatic heterocycles. The minimum absolute atomic E-state index is 0.105. The van der Waals surface area contributed by atoms with E-state index in [9.17, 15) is 10.0 Å². The number of rotatable bonds is 2. The fraction of sp³-hybridized carbons (Fsp3) is 0. The van der Waals surface area contributed by atoms with Crippen molar-refractivity contribution in [2.75, 3.05) is 10.8 Å². The van der Waals surface area contributed by atoms with E-state index in [0.29, 0.717) is 27.8 Å². The Hall–Kier alpha value is -3.39. The molecule has 0 spiro atoms. The number of aromatic nitrogens is 4. The number of hydrogen-bond acceptors (Lipinski definition) is 6. The monoisotopic (exact) mass is 308 g/mol. The number of hydrogen-bond donors (Lipinski definition) is 4. The molecule has 0 aliphatic rings. The van der Waals surface area contributed by atoms with Crippen LogP contribution in [0.1, 0.15) is 0 Å². The van der Waals surface area contributed by atoms with Gasteiger partial charge in [-0.25, -0.2) is 19.8 Å². The van der Waals surface area contributed by atoms with Crippen LogP contribution in [0.4, 0.5) is 17.3 Å². The fourth-order valence-corrected chi connectivity index (χ4v) is 2.43. The number of nitrogens with two attached hydrogens (primary N) is 1. The molecule has 0 aliphatic carbocycles. The van der Waals surface area contributed by atoms with Crippen molar-refractivity contribution >= 4 is 39.4 Å². The average Bonchev–Trinajstić information content (AvgIpc) is 2.92. The molecular formula is C15H12N6O2. The van der Waals surface area contributed by atoms with Gasteiger partial charge in [0.25, 0.3) is 0 Å². The van der Waals surface area contributed by atoms with Gasteiger partial charge in [0.05, 0.1) is 27.8 Å². The third kappa shape index (κ3) is 2.17. The van der Waals surface area contributed by atoms with Crippen molar-refractivity contribution < 1.29 is 5.21 Å². The number of para-hydroxylation sites is 2. The van der Waals surface area contributed by atoms with Crippen molar-refractivity contribution in [3.05, 3.63) is 52.9 Å². The highest BCUT2D eigenvalue weighted by Crippen LogP contribution is 2.28. The van der Waals surface area contributed by atoms with Gasteiger partial charge in [0, 0.05) is 0 Å². The van der Waals surface area contributed by atoms with E-state index in [-0.39, 0.29) is 17.3 Å². The van der Waals surface area contributed by atoms with Gasteiger partial charge in [-0.05, 0) is 30.3 Å². The van der Waals surface area contributed by atoms with Gasteiger partial charge in [0.2, 0.25) is 5.82 Å². The maximum absolute atomic E-state index is 11.3. The molecule has 0 radical (unpaired) electrons. The van der Waals surface area contributed by atoms with E-state index in [0.717, 1.165) is 5.06 Å². The van der Waals surface area contributed by atoms with E-state index in [1.165, 1.54) is 0 Å². The second-order valence-electron chi connectivity index (χ2n) is 5.04. The molecule has 4 aromatic rings. The molecular weight excluding hydrogens is 296 g/mol. The van der Waals surface area contributed by atoms with Crippen LogP contribution < -0.4 is 16.5 Å². The number of nitrogen functional groups attached to an aromatic ring is 1. The Morgan fingerprint density at radius 3 is 2.48 bits per heavy atom. The Balaban J connectivity index is 1.84. The molecule has 0 amide bonds. The molecule has 0 saturated carbocycles. The number of nitrogens with zero attached hydrogens (tertiary/aromatic N) is 3. The van der Waals surface area contributed by atoms with Gasteiger partial charge in [-0.3, -0.25) is 5.21 Å². The van der Waals surface area contributed by atoms with Gasteiger partial charge < -0.3 is 15.7 Å². The third-order valence-electron chi connectivity index (χ3n) is 3.52. The molecule has 0 bridgehead atoms. The molecule has 0 unspecified atom stereocenters. The molecule has 23 heavy (non-hydrogen) atoms. The maximum Gasteiger partial charge on any atom is 0.323 e. The number of fused-ring (bicyclic) bond motifs is 2. The third-order valence-corrected chi connectivity index (χ3v) is 3.52. The summed E-state index contributed by atoms with van der Waals surface area (Å²) in [5.41, 5.74) is 8.47. The van der Waals surface area contributed by atoms with Crippen LogP contribution in [0.3, 0.4) is 0 Å². The molecule has 5 N–H and O–H groups in total. The Kier molecular flexibility index (Phi) is 2.78. The predicted molar refractivity (Wildman–Crippen MR) is 86.8 cm³/mol. The SMILES string of the molecule is Nc1nc2ccccc2nc1N(O)c1ccc2[nH]c(=O)[nH]c2c1. The smallest absolute Gasteiger partial charge is 0.323 e. The summed E-state index contributed by atoms with van der Waals surface area (Å²) < 4.78 is 0. The second kappa shape index (κ2) is 4.82. The van der Waals surface area contributed by atoms with Crippen molar-refractivity contribution in [2.24, 2.45) is 0 Å². The summed E-state index contributed by atoms with van der Waals surface area (Å²) in [6.07, 6.45) is 0. The van der Waals surface area contributed by atoms with Crippen LogP contribution in [-0.4, -0.2) is 25.1 Å². The summed E-state index contributed by atoms with van der Waals surface area (Å²) in [6, 6.07) is 12.2. The molecule has 114 valence electrons. The summed E-state index contributed by atoms with van der Waals surface area (Å²) in [4.78, 5) is 25.2. The Bertz CT molecular complexity index is 1080. The van der Waals surface area contributed by atoms with Crippen molar-refractivity contribution in [1.29, 1.82) is 0 Å². The number of nitrogens with one attached hydrogen (secondary N) is 2. The summed E-state index contributed by atoms with van der Waals surface area (Å²) >= 11 is 0. The van der Waals surface area contributed by atoms with Crippen LogP contribution in [0, 0.1) is 0 Å². The average molecular weight is 308 g/mol. The van der Waals surface area contributed by atoms with E-state index >= 15 is 0 Å². The predicted octanol–water partition coefficient (Wildman–Crippen LogP) is 1.91. The molecule has 0 fully saturated rings. The van der Waals surface area contributed by atoms with E-state index in [2.05, 4.69) is 19.9 Å². The first-order valence-corrected chi connectivity index (χ1v) is 6.85. The van der Waals surface area contributed by atoms with Crippen LogP contribution in [0.15, 0.2) is 47.3 Å². The summed E-state index contributed by atoms with van der Waals surface area (Å²) in [6.45, 7) is 0. The normalized spacial score (nSPS) is 11.2. The Morgan fingerprint density at radius 1 is 1.00 bits per heavy atom. The van der Waals surface area contributed by atoms with E-state index in [1.54, 1.807) is 30.3 Å². The van der Waals surface area contributed by atoms with Gasteiger partial charge in [0.1, 0.15) is 0 Å². The molecule has 0 aliphatic heterocycles. The van der Waals surface area contributed by atoms with E-state index in [4.69, 9.17) is 5.73 Å². The molecule has 0 atom stereocenters. The Labute approximate surface area is 129 Å². The first-order chi connectivity index (χ1) is 11.1. The molecule has 8 heteroatoms. The molecule has 2 heterocycles. The van der Waals surface area contributed by atoms with Crippen LogP contribution >= 0.6 is 0 Å². The van der Waals surface area contributed by atoms with Crippen LogP contribution in [0.25, 0.3) is 22.1 Å². The molecule has 8 nitrogen and oxygen atoms in total. The van der Waals surface area contributed by atoms with Crippen molar-refractivity contribution in [3.63, 3.8) is 0 Å². The van der Waals surface area contributed by atoms with Gasteiger partial charge >= 0.3 is 5.69 Å². The number of aromatic amines is 2. The summed E-state index contributed by atoms with van der Waals surface area (Å²) in [7, 11) is 0. The Morgan fingerprint density at radius 2 is 1.70 bits per heavy atom. The quantitative estimate of drug-likeness (QED) is 0.419. The van der Waals surface area contributed by atoms with Gasteiger partial charge in [0.15, 0.2) is 5.82 Å². The summed E-state index contributed by atoms with van der Waals surface area (Å²) in [5, 5.41) is 11.3. The zero-order valence-electron chi connectivity index (χ0n) is 11.8.